The molecule has 1 aliphatic heterocycles. The first kappa shape index (κ1) is 10.2. The van der Waals surface area contributed by atoms with Gasteiger partial charge in [-0.1, -0.05) is 0 Å². The van der Waals surface area contributed by atoms with Gasteiger partial charge in [-0.05, 0) is 27.7 Å². The van der Waals surface area contributed by atoms with Crippen molar-refractivity contribution in [1.29, 1.82) is 0 Å². The predicted octanol–water partition coefficient (Wildman–Crippen LogP) is 1.83. The average molecular weight is 207 g/mol. The van der Waals surface area contributed by atoms with Crippen molar-refractivity contribution in [2.45, 2.75) is 46.3 Å². The van der Waals surface area contributed by atoms with Gasteiger partial charge >= 0.3 is 0 Å². The van der Waals surface area contributed by atoms with Crippen molar-refractivity contribution in [3.63, 3.8) is 0 Å². The smallest absolute Gasteiger partial charge is 0.257 e. The molecular weight excluding hydrogens is 190 g/mol. The van der Waals surface area contributed by atoms with Gasteiger partial charge in [0.1, 0.15) is 0 Å². The van der Waals surface area contributed by atoms with Crippen LogP contribution in [0.4, 0.5) is 0 Å². The number of carbonyl (C=O) groups excluding carboxylic acids is 1. The van der Waals surface area contributed by atoms with Crippen LogP contribution < -0.4 is 0 Å². The minimum absolute atomic E-state index is 0.118. The van der Waals surface area contributed by atoms with E-state index in [-0.39, 0.29) is 11.9 Å². The molecule has 0 N–H and O–H groups in total. The Bertz CT molecular complexity index is 393. The molecule has 82 valence electrons. The van der Waals surface area contributed by atoms with Crippen LogP contribution in [0.25, 0.3) is 0 Å². The third-order valence-electron chi connectivity index (χ3n) is 2.77. The summed E-state index contributed by atoms with van der Waals surface area (Å²) in [6.07, 6.45) is 1.87. The molecule has 0 bridgehead atoms. The normalized spacial score (nSPS) is 15.6. The van der Waals surface area contributed by atoms with Crippen LogP contribution in [0, 0.1) is 0 Å². The van der Waals surface area contributed by atoms with E-state index in [0.29, 0.717) is 12.6 Å². The van der Waals surface area contributed by atoms with Gasteiger partial charge in [0, 0.05) is 18.3 Å². The number of aromatic nitrogens is 2. The Morgan fingerprint density at radius 2 is 1.93 bits per heavy atom. The lowest BCUT2D eigenvalue weighted by Gasteiger charge is -2.20. The summed E-state index contributed by atoms with van der Waals surface area (Å²) >= 11 is 0. The maximum Gasteiger partial charge on any atom is 0.257 e. The highest BCUT2D eigenvalue weighted by molar-refractivity contribution is 5.97. The molecule has 0 saturated carbocycles. The number of fused-ring (bicyclic) bond motifs is 1. The van der Waals surface area contributed by atoms with Crippen molar-refractivity contribution in [1.82, 2.24) is 14.7 Å². The lowest BCUT2D eigenvalue weighted by molar-refractivity contribution is 0.0727. The second-order valence-electron chi connectivity index (χ2n) is 4.59. The molecule has 2 rings (SSSR count). The van der Waals surface area contributed by atoms with Crippen LogP contribution in [-0.2, 0) is 6.54 Å². The Kier molecular flexibility index (Phi) is 2.29. The monoisotopic (exact) mass is 207 g/mol. The summed E-state index contributed by atoms with van der Waals surface area (Å²) in [6, 6.07) is 0.565. The Balaban J connectivity index is 2.30. The molecule has 2 heterocycles. The molecule has 1 aliphatic rings. The van der Waals surface area contributed by atoms with E-state index in [2.05, 4.69) is 18.9 Å². The summed E-state index contributed by atoms with van der Waals surface area (Å²) in [4.78, 5) is 13.8. The molecule has 4 heteroatoms. The van der Waals surface area contributed by atoms with Gasteiger partial charge in [-0.3, -0.25) is 9.48 Å². The molecule has 4 nitrogen and oxygen atoms in total. The van der Waals surface area contributed by atoms with Crippen LogP contribution in [0.2, 0.25) is 0 Å². The van der Waals surface area contributed by atoms with Crippen molar-refractivity contribution < 1.29 is 4.79 Å². The van der Waals surface area contributed by atoms with E-state index in [0.717, 1.165) is 11.3 Å². The van der Waals surface area contributed by atoms with Crippen LogP contribution in [0.3, 0.4) is 0 Å². The molecule has 0 spiro atoms. The second kappa shape index (κ2) is 3.36. The second-order valence-corrected chi connectivity index (χ2v) is 4.59. The van der Waals surface area contributed by atoms with Crippen molar-refractivity contribution >= 4 is 5.91 Å². The summed E-state index contributed by atoms with van der Waals surface area (Å²) in [7, 11) is 0. The van der Waals surface area contributed by atoms with Crippen molar-refractivity contribution in [2.75, 3.05) is 0 Å². The molecule has 1 amide bonds. The van der Waals surface area contributed by atoms with Gasteiger partial charge < -0.3 is 4.90 Å². The number of nitrogens with zero attached hydrogens (tertiary/aromatic N) is 3. The first-order valence-electron chi connectivity index (χ1n) is 5.39. The lowest BCUT2D eigenvalue weighted by Crippen LogP contribution is -2.31. The fourth-order valence-electron chi connectivity index (χ4n) is 1.79. The molecule has 0 radical (unpaired) electrons. The maximum atomic E-state index is 11.9. The zero-order valence-corrected chi connectivity index (χ0v) is 9.69. The van der Waals surface area contributed by atoms with Crippen LogP contribution in [0.5, 0.6) is 0 Å². The third kappa shape index (κ3) is 1.54. The van der Waals surface area contributed by atoms with Gasteiger partial charge in [0.15, 0.2) is 0 Å². The van der Waals surface area contributed by atoms with Crippen molar-refractivity contribution in [3.8, 4) is 0 Å². The van der Waals surface area contributed by atoms with E-state index in [9.17, 15) is 4.79 Å². The van der Waals surface area contributed by atoms with E-state index < -0.39 is 0 Å². The fourth-order valence-corrected chi connectivity index (χ4v) is 1.79. The van der Waals surface area contributed by atoms with Crippen LogP contribution in [0.15, 0.2) is 6.20 Å². The highest BCUT2D eigenvalue weighted by Gasteiger charge is 2.32. The van der Waals surface area contributed by atoms with E-state index >= 15 is 0 Å². The molecule has 1 aromatic rings. The highest BCUT2D eigenvalue weighted by atomic mass is 16.2. The number of carbonyl (C=O) groups is 1. The van der Waals surface area contributed by atoms with E-state index in [1.165, 1.54) is 0 Å². The predicted molar refractivity (Wildman–Crippen MR) is 57.6 cm³/mol. The number of hydrogen-bond donors (Lipinski definition) is 0. The maximum absolute atomic E-state index is 11.9. The van der Waals surface area contributed by atoms with E-state index in [1.54, 1.807) is 0 Å². The summed E-state index contributed by atoms with van der Waals surface area (Å²) in [5.74, 6) is 0.118. The molecule has 0 fully saturated rings. The zero-order chi connectivity index (χ0) is 11.2. The topological polar surface area (TPSA) is 38.1 Å². The molecule has 0 aliphatic carbocycles. The van der Waals surface area contributed by atoms with Gasteiger partial charge in [0.05, 0.1) is 17.8 Å². The van der Waals surface area contributed by atoms with Gasteiger partial charge in [0.2, 0.25) is 0 Å². The Morgan fingerprint density at radius 3 is 2.40 bits per heavy atom. The number of rotatable bonds is 2. The highest BCUT2D eigenvalue weighted by Crippen LogP contribution is 2.24. The molecule has 0 aromatic carbocycles. The summed E-state index contributed by atoms with van der Waals surface area (Å²) in [6.45, 7) is 8.84. The van der Waals surface area contributed by atoms with Gasteiger partial charge in [-0.25, -0.2) is 0 Å². The fraction of sp³-hybridized carbons (Fsp3) is 0.636. The van der Waals surface area contributed by atoms with Gasteiger partial charge in [-0.2, -0.15) is 5.10 Å². The Hall–Kier alpha value is -1.32. The van der Waals surface area contributed by atoms with Crippen LogP contribution in [0.1, 0.15) is 49.8 Å². The SMILES string of the molecule is CC(C)N1Cc2nn(C(C)C)cc2C1=O. The molecule has 0 atom stereocenters. The average Bonchev–Trinajstić information content (AvgIpc) is 2.65. The standard InChI is InChI=1S/C11H17N3O/c1-7(2)13-6-10-9(11(13)15)5-14(12-10)8(3)4/h5,7-8H,6H2,1-4H3. The van der Waals surface area contributed by atoms with Crippen molar-refractivity contribution in [3.05, 3.63) is 17.5 Å². The number of amides is 1. The summed E-state index contributed by atoms with van der Waals surface area (Å²) in [5, 5.41) is 4.43. The Morgan fingerprint density at radius 1 is 1.27 bits per heavy atom. The molecule has 15 heavy (non-hydrogen) atoms. The van der Waals surface area contributed by atoms with Gasteiger partial charge in [0.25, 0.3) is 5.91 Å². The largest absolute Gasteiger partial charge is 0.330 e. The van der Waals surface area contributed by atoms with Crippen LogP contribution >= 0.6 is 0 Å². The third-order valence-corrected chi connectivity index (χ3v) is 2.77. The van der Waals surface area contributed by atoms with Gasteiger partial charge in [-0.15, -0.1) is 0 Å². The molecule has 1 aromatic heterocycles. The minimum atomic E-state index is 0.118. The minimum Gasteiger partial charge on any atom is -0.330 e. The summed E-state index contributed by atoms with van der Waals surface area (Å²) < 4.78 is 1.86. The molecule has 0 saturated heterocycles. The lowest BCUT2D eigenvalue weighted by atomic mass is 10.3. The first-order chi connectivity index (χ1) is 7.00. The van der Waals surface area contributed by atoms with Crippen molar-refractivity contribution in [2.24, 2.45) is 0 Å². The summed E-state index contributed by atoms with van der Waals surface area (Å²) in [5.41, 5.74) is 1.69. The van der Waals surface area contributed by atoms with Crippen LogP contribution in [-0.4, -0.2) is 26.6 Å². The quantitative estimate of drug-likeness (QED) is 0.742. The number of hydrogen-bond acceptors (Lipinski definition) is 2. The van der Waals surface area contributed by atoms with E-state index in [4.69, 9.17) is 0 Å². The molecular formula is C11H17N3O. The Labute approximate surface area is 89.9 Å². The van der Waals surface area contributed by atoms with E-state index in [1.807, 2.05) is 29.6 Å². The molecule has 0 unspecified atom stereocenters. The first-order valence-corrected chi connectivity index (χ1v) is 5.39. The zero-order valence-electron chi connectivity index (χ0n) is 9.69.